The summed E-state index contributed by atoms with van der Waals surface area (Å²) in [6.07, 6.45) is 7.32. The second-order valence-electron chi connectivity index (χ2n) is 5.91. The van der Waals surface area contributed by atoms with Crippen LogP contribution in [0.3, 0.4) is 0 Å². The molecular weight excluding hydrogens is 224 g/mol. The lowest BCUT2D eigenvalue weighted by Gasteiger charge is -2.35. The number of hydrogen-bond acceptors (Lipinski definition) is 3. The van der Waals surface area contributed by atoms with Crippen molar-refractivity contribution in [2.24, 2.45) is 0 Å². The number of likely N-dealkylation sites (tertiary alicyclic amines) is 1. The molecule has 0 spiro atoms. The maximum absolute atomic E-state index is 5.41. The van der Waals surface area contributed by atoms with Crippen molar-refractivity contribution in [3.05, 3.63) is 11.6 Å². The molecule has 2 heterocycles. The van der Waals surface area contributed by atoms with Gasteiger partial charge in [-0.05, 0) is 52.6 Å². The number of hydrogen-bond donors (Lipinski definition) is 1. The first-order chi connectivity index (χ1) is 8.74. The summed E-state index contributed by atoms with van der Waals surface area (Å²) >= 11 is 0. The second kappa shape index (κ2) is 7.27. The van der Waals surface area contributed by atoms with Gasteiger partial charge in [-0.2, -0.15) is 0 Å². The lowest BCUT2D eigenvalue weighted by atomic mass is 10.0. The van der Waals surface area contributed by atoms with Crippen molar-refractivity contribution in [2.45, 2.75) is 51.6 Å². The molecule has 0 amide bonds. The van der Waals surface area contributed by atoms with Gasteiger partial charge in [-0.1, -0.05) is 11.6 Å². The Balaban J connectivity index is 1.65. The van der Waals surface area contributed by atoms with E-state index >= 15 is 0 Å². The monoisotopic (exact) mass is 252 g/mol. The number of allylic oxidation sites excluding steroid dienone is 1. The average Bonchev–Trinajstić information content (AvgIpc) is 2.39. The van der Waals surface area contributed by atoms with Gasteiger partial charge in [0.15, 0.2) is 0 Å². The van der Waals surface area contributed by atoms with Gasteiger partial charge in [-0.25, -0.2) is 0 Å². The fourth-order valence-corrected chi connectivity index (χ4v) is 2.79. The summed E-state index contributed by atoms with van der Waals surface area (Å²) in [7, 11) is 0. The van der Waals surface area contributed by atoms with Crippen LogP contribution in [0.4, 0.5) is 0 Å². The molecule has 0 radical (unpaired) electrons. The number of ether oxygens (including phenoxy) is 1. The number of piperidine rings is 1. The zero-order valence-electron chi connectivity index (χ0n) is 12.0. The first-order valence-corrected chi connectivity index (χ1v) is 7.43. The van der Waals surface area contributed by atoms with E-state index in [9.17, 15) is 0 Å². The number of nitrogens with one attached hydrogen (secondary N) is 1. The van der Waals surface area contributed by atoms with E-state index in [0.717, 1.165) is 25.8 Å². The molecule has 0 saturated carbocycles. The Labute approximate surface area is 112 Å². The van der Waals surface area contributed by atoms with Gasteiger partial charge in [0.2, 0.25) is 0 Å². The quantitative estimate of drug-likeness (QED) is 0.776. The summed E-state index contributed by atoms with van der Waals surface area (Å²) in [6.45, 7) is 9.86. The number of nitrogens with zero attached hydrogens (tertiary/aromatic N) is 1. The zero-order chi connectivity index (χ0) is 12.8. The standard InChI is InChI=1S/C15H28N2O/c1-13(2)3-8-17-9-4-14(5-10-17)16-15-6-11-18-12-7-15/h3,14-16H,4-12H2,1-2H3. The van der Waals surface area contributed by atoms with Crippen LogP contribution < -0.4 is 5.32 Å². The highest BCUT2D eigenvalue weighted by Crippen LogP contribution is 2.14. The van der Waals surface area contributed by atoms with Crippen molar-refractivity contribution in [2.75, 3.05) is 32.8 Å². The minimum Gasteiger partial charge on any atom is -0.381 e. The summed E-state index contributed by atoms with van der Waals surface area (Å²) in [5.74, 6) is 0. The Morgan fingerprint density at radius 3 is 2.33 bits per heavy atom. The lowest BCUT2D eigenvalue weighted by Crippen LogP contribution is -2.47. The molecule has 1 N–H and O–H groups in total. The van der Waals surface area contributed by atoms with Gasteiger partial charge in [0.25, 0.3) is 0 Å². The maximum atomic E-state index is 5.41. The van der Waals surface area contributed by atoms with Crippen LogP contribution >= 0.6 is 0 Å². The van der Waals surface area contributed by atoms with Crippen molar-refractivity contribution in [3.8, 4) is 0 Å². The smallest absolute Gasteiger partial charge is 0.0480 e. The molecule has 0 aromatic carbocycles. The normalized spacial score (nSPS) is 24.1. The Hall–Kier alpha value is -0.380. The van der Waals surface area contributed by atoms with Gasteiger partial charge in [0, 0.05) is 31.8 Å². The van der Waals surface area contributed by atoms with Crippen molar-refractivity contribution >= 4 is 0 Å². The van der Waals surface area contributed by atoms with E-state index in [-0.39, 0.29) is 0 Å². The fraction of sp³-hybridized carbons (Fsp3) is 0.867. The van der Waals surface area contributed by atoms with Gasteiger partial charge in [-0.15, -0.1) is 0 Å². The highest BCUT2D eigenvalue weighted by atomic mass is 16.5. The molecule has 0 unspecified atom stereocenters. The highest BCUT2D eigenvalue weighted by molar-refractivity contribution is 4.95. The molecule has 2 rings (SSSR count). The van der Waals surface area contributed by atoms with E-state index in [1.807, 2.05) is 0 Å². The molecule has 0 aromatic rings. The van der Waals surface area contributed by atoms with Gasteiger partial charge in [-0.3, -0.25) is 4.90 Å². The Bertz CT molecular complexity index is 260. The second-order valence-corrected chi connectivity index (χ2v) is 5.91. The first kappa shape index (κ1) is 14.0. The third-order valence-corrected chi connectivity index (χ3v) is 4.04. The van der Waals surface area contributed by atoms with Crippen LogP contribution in [-0.2, 0) is 4.74 Å². The van der Waals surface area contributed by atoms with Gasteiger partial charge >= 0.3 is 0 Å². The molecule has 0 aliphatic carbocycles. The van der Waals surface area contributed by atoms with E-state index in [2.05, 4.69) is 30.1 Å². The summed E-state index contributed by atoms with van der Waals surface area (Å²) in [4.78, 5) is 2.56. The Morgan fingerprint density at radius 1 is 1.11 bits per heavy atom. The summed E-state index contributed by atoms with van der Waals surface area (Å²) < 4.78 is 5.41. The van der Waals surface area contributed by atoms with Crippen LogP contribution in [0.5, 0.6) is 0 Å². The van der Waals surface area contributed by atoms with Gasteiger partial charge in [0.1, 0.15) is 0 Å². The van der Waals surface area contributed by atoms with E-state index < -0.39 is 0 Å². The molecule has 3 heteroatoms. The van der Waals surface area contributed by atoms with Crippen LogP contribution in [0.25, 0.3) is 0 Å². The average molecular weight is 252 g/mol. The topological polar surface area (TPSA) is 24.5 Å². The number of rotatable bonds is 4. The highest BCUT2D eigenvalue weighted by Gasteiger charge is 2.22. The van der Waals surface area contributed by atoms with Crippen molar-refractivity contribution in [1.29, 1.82) is 0 Å². The van der Waals surface area contributed by atoms with Crippen molar-refractivity contribution in [3.63, 3.8) is 0 Å². The molecule has 2 saturated heterocycles. The first-order valence-electron chi connectivity index (χ1n) is 7.43. The molecule has 2 fully saturated rings. The fourth-order valence-electron chi connectivity index (χ4n) is 2.79. The SMILES string of the molecule is CC(C)=CCN1CCC(NC2CCOCC2)CC1. The summed E-state index contributed by atoms with van der Waals surface area (Å²) in [5.41, 5.74) is 1.43. The van der Waals surface area contributed by atoms with Gasteiger partial charge < -0.3 is 10.1 Å². The van der Waals surface area contributed by atoms with Crippen LogP contribution in [-0.4, -0.2) is 49.8 Å². The third kappa shape index (κ3) is 4.71. The largest absolute Gasteiger partial charge is 0.381 e. The molecular formula is C15H28N2O. The van der Waals surface area contributed by atoms with Crippen molar-refractivity contribution in [1.82, 2.24) is 10.2 Å². The van der Waals surface area contributed by atoms with Crippen LogP contribution in [0.2, 0.25) is 0 Å². The van der Waals surface area contributed by atoms with Crippen LogP contribution in [0.15, 0.2) is 11.6 Å². The molecule has 2 aliphatic heterocycles. The molecule has 104 valence electrons. The minimum absolute atomic E-state index is 0.702. The molecule has 0 bridgehead atoms. The molecule has 2 aliphatic rings. The van der Waals surface area contributed by atoms with E-state index in [4.69, 9.17) is 4.74 Å². The summed E-state index contributed by atoms with van der Waals surface area (Å²) in [6, 6.07) is 1.43. The molecule has 18 heavy (non-hydrogen) atoms. The molecule has 0 atom stereocenters. The maximum Gasteiger partial charge on any atom is 0.0480 e. The van der Waals surface area contributed by atoms with Crippen LogP contribution in [0, 0.1) is 0 Å². The van der Waals surface area contributed by atoms with Crippen LogP contribution in [0.1, 0.15) is 39.5 Å². The Morgan fingerprint density at radius 2 is 1.72 bits per heavy atom. The van der Waals surface area contributed by atoms with E-state index in [1.54, 1.807) is 0 Å². The zero-order valence-corrected chi connectivity index (χ0v) is 12.0. The molecule has 0 aromatic heterocycles. The third-order valence-electron chi connectivity index (χ3n) is 4.04. The van der Waals surface area contributed by atoms with E-state index in [1.165, 1.54) is 44.3 Å². The molecule has 3 nitrogen and oxygen atoms in total. The predicted octanol–water partition coefficient (Wildman–Crippen LogP) is 2.19. The lowest BCUT2D eigenvalue weighted by molar-refractivity contribution is 0.0710. The van der Waals surface area contributed by atoms with E-state index in [0.29, 0.717) is 6.04 Å². The minimum atomic E-state index is 0.702. The Kier molecular flexibility index (Phi) is 5.67. The van der Waals surface area contributed by atoms with Crippen molar-refractivity contribution < 1.29 is 4.74 Å². The summed E-state index contributed by atoms with van der Waals surface area (Å²) in [5, 5.41) is 3.82. The predicted molar refractivity (Wildman–Crippen MR) is 75.9 cm³/mol. The van der Waals surface area contributed by atoms with Gasteiger partial charge in [0.05, 0.1) is 0 Å².